The number of primary amides is 1. The van der Waals surface area contributed by atoms with E-state index < -0.39 is 5.91 Å². The third kappa shape index (κ3) is 7.01. The van der Waals surface area contributed by atoms with E-state index in [2.05, 4.69) is 5.32 Å². The van der Waals surface area contributed by atoms with Crippen LogP contribution in [0.2, 0.25) is 0 Å². The van der Waals surface area contributed by atoms with Crippen LogP contribution in [0.3, 0.4) is 0 Å². The van der Waals surface area contributed by atoms with Crippen molar-refractivity contribution in [1.29, 1.82) is 0 Å². The summed E-state index contributed by atoms with van der Waals surface area (Å²) in [4.78, 5) is 21.1. The molecule has 2 amide bonds. The molecule has 0 radical (unpaired) electrons. The predicted molar refractivity (Wildman–Crippen MR) is 45.1 cm³/mol. The second-order valence-electron chi connectivity index (χ2n) is 2.46. The van der Waals surface area contributed by atoms with Crippen molar-refractivity contribution in [2.24, 2.45) is 11.5 Å². The molecular weight excluding hydrogens is 158 g/mol. The smallest absolute Gasteiger partial charge is 0.220 e. The van der Waals surface area contributed by atoms with Gasteiger partial charge in [0.05, 0.1) is 0 Å². The van der Waals surface area contributed by atoms with Gasteiger partial charge in [0.15, 0.2) is 0 Å². The molecule has 0 atom stereocenters. The van der Waals surface area contributed by atoms with Gasteiger partial charge < -0.3 is 16.8 Å². The van der Waals surface area contributed by atoms with E-state index in [0.717, 1.165) is 0 Å². The molecule has 70 valence electrons. The lowest BCUT2D eigenvalue weighted by atomic mass is 10.3. The quantitative estimate of drug-likeness (QED) is 0.466. The van der Waals surface area contributed by atoms with Gasteiger partial charge in [0.25, 0.3) is 0 Å². The Hall–Kier alpha value is -1.10. The first kappa shape index (κ1) is 10.9. The van der Waals surface area contributed by atoms with Crippen molar-refractivity contribution in [3.63, 3.8) is 0 Å². The third-order valence-electron chi connectivity index (χ3n) is 1.30. The summed E-state index contributed by atoms with van der Waals surface area (Å²) in [6, 6.07) is 0. The van der Waals surface area contributed by atoms with Gasteiger partial charge in [-0.05, 0) is 13.0 Å². The van der Waals surface area contributed by atoms with Gasteiger partial charge >= 0.3 is 0 Å². The van der Waals surface area contributed by atoms with Gasteiger partial charge in [0.2, 0.25) is 11.8 Å². The Bertz CT molecular complexity index is 159. The number of rotatable bonds is 6. The van der Waals surface area contributed by atoms with Crippen LogP contribution in [-0.2, 0) is 9.59 Å². The number of nitrogens with one attached hydrogen (secondary N) is 1. The van der Waals surface area contributed by atoms with Crippen LogP contribution in [0.4, 0.5) is 0 Å². The van der Waals surface area contributed by atoms with Crippen LogP contribution in [0.5, 0.6) is 0 Å². The maximum absolute atomic E-state index is 10.9. The first-order valence-electron chi connectivity index (χ1n) is 3.92. The van der Waals surface area contributed by atoms with Crippen LogP contribution in [0, 0.1) is 0 Å². The van der Waals surface area contributed by atoms with Gasteiger partial charge in [-0.2, -0.15) is 0 Å². The Morgan fingerprint density at radius 3 is 2.42 bits per heavy atom. The number of carbonyl (C=O) groups excluding carboxylic acids is 2. The molecular formula is C7H15N3O2. The van der Waals surface area contributed by atoms with Gasteiger partial charge in [-0.15, -0.1) is 0 Å². The molecule has 12 heavy (non-hydrogen) atoms. The average molecular weight is 173 g/mol. The number of hydrogen-bond acceptors (Lipinski definition) is 3. The van der Waals surface area contributed by atoms with Gasteiger partial charge in [-0.3, -0.25) is 9.59 Å². The second-order valence-corrected chi connectivity index (χ2v) is 2.46. The van der Waals surface area contributed by atoms with Crippen LogP contribution in [0.25, 0.3) is 0 Å². The molecule has 5 N–H and O–H groups in total. The zero-order chi connectivity index (χ0) is 9.40. The summed E-state index contributed by atoms with van der Waals surface area (Å²) in [6.07, 6.45) is 1.27. The Morgan fingerprint density at radius 1 is 1.25 bits per heavy atom. The molecule has 0 aromatic rings. The molecule has 0 aliphatic carbocycles. The maximum Gasteiger partial charge on any atom is 0.220 e. The fraction of sp³-hybridized carbons (Fsp3) is 0.714. The lowest BCUT2D eigenvalue weighted by Gasteiger charge is -2.01. The Morgan fingerprint density at radius 2 is 1.92 bits per heavy atom. The predicted octanol–water partition coefficient (Wildman–Crippen LogP) is -1.28. The fourth-order valence-electron chi connectivity index (χ4n) is 0.676. The van der Waals surface area contributed by atoms with Crippen molar-refractivity contribution in [1.82, 2.24) is 5.32 Å². The molecule has 0 fully saturated rings. The topological polar surface area (TPSA) is 98.2 Å². The Balaban J connectivity index is 3.25. The fourth-order valence-corrected chi connectivity index (χ4v) is 0.676. The molecule has 5 nitrogen and oxygen atoms in total. The number of amides is 2. The third-order valence-corrected chi connectivity index (χ3v) is 1.30. The zero-order valence-corrected chi connectivity index (χ0v) is 7.01. The summed E-state index contributed by atoms with van der Waals surface area (Å²) in [7, 11) is 0. The van der Waals surface area contributed by atoms with E-state index in [1.807, 2.05) is 0 Å². The molecule has 0 heterocycles. The molecule has 0 bridgehead atoms. The van der Waals surface area contributed by atoms with E-state index in [4.69, 9.17) is 11.5 Å². The summed E-state index contributed by atoms with van der Waals surface area (Å²) in [6.45, 7) is 0.821. The van der Waals surface area contributed by atoms with E-state index in [9.17, 15) is 9.59 Å². The molecule has 0 unspecified atom stereocenters. The minimum absolute atomic E-state index is 0.0818. The summed E-state index contributed by atoms with van der Waals surface area (Å²) in [5, 5.41) is 2.55. The van der Waals surface area contributed by atoms with E-state index in [1.54, 1.807) is 0 Å². The number of carbonyl (C=O) groups is 2. The van der Waals surface area contributed by atoms with Crippen LogP contribution in [0.15, 0.2) is 0 Å². The summed E-state index contributed by atoms with van der Waals surface area (Å²) < 4.78 is 0. The minimum Gasteiger partial charge on any atom is -0.370 e. The second kappa shape index (κ2) is 6.60. The molecule has 0 aliphatic rings. The number of hydrogen-bond donors (Lipinski definition) is 3. The molecule has 0 aliphatic heterocycles. The highest BCUT2D eigenvalue weighted by atomic mass is 16.2. The van der Waals surface area contributed by atoms with E-state index in [0.29, 0.717) is 25.9 Å². The monoisotopic (exact) mass is 173 g/mol. The first-order valence-corrected chi connectivity index (χ1v) is 3.92. The number of nitrogens with two attached hydrogens (primary N) is 2. The minimum atomic E-state index is -0.408. The highest BCUT2D eigenvalue weighted by Gasteiger charge is 1.99. The van der Waals surface area contributed by atoms with Gasteiger partial charge in [0, 0.05) is 19.4 Å². The Labute approximate surface area is 71.5 Å². The first-order chi connectivity index (χ1) is 5.66. The molecule has 0 rings (SSSR count). The lowest BCUT2D eigenvalue weighted by molar-refractivity contribution is -0.121. The van der Waals surface area contributed by atoms with Crippen molar-refractivity contribution >= 4 is 11.8 Å². The van der Waals surface area contributed by atoms with Gasteiger partial charge in [-0.25, -0.2) is 0 Å². The molecule has 0 aromatic carbocycles. The zero-order valence-electron chi connectivity index (χ0n) is 7.01. The molecule has 0 saturated carbocycles. The standard InChI is InChI=1S/C7H15N3O2/c8-4-1-2-7(12)10-5-3-6(9)11/h1-5,8H2,(H2,9,11)(H,10,12). The Kier molecular flexibility index (Phi) is 6.00. The van der Waals surface area contributed by atoms with Crippen LogP contribution in [-0.4, -0.2) is 24.9 Å². The van der Waals surface area contributed by atoms with Crippen LogP contribution >= 0.6 is 0 Å². The lowest BCUT2D eigenvalue weighted by Crippen LogP contribution is -2.28. The molecule has 0 aromatic heterocycles. The van der Waals surface area contributed by atoms with E-state index >= 15 is 0 Å². The van der Waals surface area contributed by atoms with Crippen LogP contribution in [0.1, 0.15) is 19.3 Å². The highest BCUT2D eigenvalue weighted by molar-refractivity contribution is 5.77. The van der Waals surface area contributed by atoms with Gasteiger partial charge in [-0.1, -0.05) is 0 Å². The van der Waals surface area contributed by atoms with E-state index in [-0.39, 0.29) is 12.3 Å². The molecule has 0 saturated heterocycles. The summed E-state index contributed by atoms with van der Waals surface area (Å²) in [5.74, 6) is -0.490. The van der Waals surface area contributed by atoms with Crippen molar-refractivity contribution < 1.29 is 9.59 Å². The average Bonchev–Trinajstić information content (AvgIpc) is 2.00. The van der Waals surface area contributed by atoms with Crippen molar-refractivity contribution in [2.45, 2.75) is 19.3 Å². The molecule has 5 heteroatoms. The largest absolute Gasteiger partial charge is 0.370 e. The van der Waals surface area contributed by atoms with Crippen LogP contribution < -0.4 is 16.8 Å². The highest BCUT2D eigenvalue weighted by Crippen LogP contribution is 1.85. The molecule has 0 spiro atoms. The van der Waals surface area contributed by atoms with Crippen molar-refractivity contribution in [3.05, 3.63) is 0 Å². The normalized spacial score (nSPS) is 9.42. The SMILES string of the molecule is NCCCC(=O)NCCC(N)=O. The van der Waals surface area contributed by atoms with Crippen molar-refractivity contribution in [2.75, 3.05) is 13.1 Å². The van der Waals surface area contributed by atoms with Crippen molar-refractivity contribution in [3.8, 4) is 0 Å². The summed E-state index contributed by atoms with van der Waals surface area (Å²) >= 11 is 0. The van der Waals surface area contributed by atoms with Gasteiger partial charge in [0.1, 0.15) is 0 Å². The van der Waals surface area contributed by atoms with E-state index in [1.165, 1.54) is 0 Å². The summed E-state index contributed by atoms with van der Waals surface area (Å²) in [5.41, 5.74) is 10.1. The maximum atomic E-state index is 10.9.